The minimum Gasteiger partial charge on any atom is -0.455 e. The quantitative estimate of drug-likeness (QED) is 0.196. The van der Waals surface area contributed by atoms with Crippen molar-refractivity contribution in [1.29, 1.82) is 0 Å². The lowest BCUT2D eigenvalue weighted by atomic mass is 9.98. The molecule has 0 atom stereocenters. The van der Waals surface area contributed by atoms with Gasteiger partial charge in [-0.2, -0.15) is 0 Å². The molecule has 9 rings (SSSR count). The van der Waals surface area contributed by atoms with Gasteiger partial charge in [0.15, 0.2) is 0 Å². The number of thiophene rings is 1. The molecule has 0 saturated heterocycles. The molecule has 0 bridgehead atoms. The summed E-state index contributed by atoms with van der Waals surface area (Å²) in [6.07, 6.45) is 0. The van der Waals surface area contributed by atoms with Crippen LogP contribution < -0.4 is 4.90 Å². The third-order valence-electron chi connectivity index (χ3n) is 8.37. The van der Waals surface area contributed by atoms with Crippen LogP contribution in [0.4, 0.5) is 17.1 Å². The van der Waals surface area contributed by atoms with Gasteiger partial charge in [0.25, 0.3) is 0 Å². The van der Waals surface area contributed by atoms with Crippen molar-refractivity contribution in [1.82, 2.24) is 0 Å². The Morgan fingerprint density at radius 3 is 1.91 bits per heavy atom. The Kier molecular flexibility index (Phi) is 4.94. The maximum absolute atomic E-state index is 8.86. The highest BCUT2D eigenvalue weighted by Crippen LogP contribution is 2.46. The molecule has 0 spiro atoms. The molecule has 0 N–H and O–H groups in total. The molecule has 9 aromatic rings. The average molecular weight is 599 g/mol. The normalized spacial score (nSPS) is 13.1. The third kappa shape index (κ3) is 4.32. The smallest absolute Gasteiger partial charge is 0.144 e. The van der Waals surface area contributed by atoms with Gasteiger partial charge in [-0.15, -0.1) is 11.3 Å². The summed E-state index contributed by atoms with van der Waals surface area (Å²) in [6.45, 7) is 0. The zero-order valence-electron chi connectivity index (χ0n) is 29.0. The summed E-state index contributed by atoms with van der Waals surface area (Å²) in [5.41, 5.74) is 7.03. The van der Waals surface area contributed by atoms with Crippen molar-refractivity contribution in [3.8, 4) is 22.3 Å². The number of furan rings is 1. The fourth-order valence-electron chi connectivity index (χ4n) is 6.27. The first-order chi connectivity index (χ1) is 24.4. The summed E-state index contributed by atoms with van der Waals surface area (Å²) >= 11 is 1.78. The molecule has 7 aromatic carbocycles. The second-order valence-corrected chi connectivity index (χ2v) is 12.0. The molecule has 0 aliphatic rings. The predicted octanol–water partition coefficient (Wildman–Crippen LogP) is 12.8. The molecular weight excluding hydrogens is 567 g/mol. The maximum Gasteiger partial charge on any atom is 0.144 e. The first kappa shape index (κ1) is 21.1. The molecule has 0 amide bonds. The van der Waals surface area contributed by atoms with E-state index in [1.165, 1.54) is 20.2 Å². The van der Waals surface area contributed by atoms with Crippen LogP contribution in [0, 0.1) is 0 Å². The minimum absolute atomic E-state index is 0.0852. The van der Waals surface area contributed by atoms with E-state index >= 15 is 0 Å². The van der Waals surface area contributed by atoms with Crippen LogP contribution in [-0.4, -0.2) is 0 Å². The van der Waals surface area contributed by atoms with Crippen molar-refractivity contribution in [2.45, 2.75) is 0 Å². The van der Waals surface area contributed by atoms with E-state index in [2.05, 4.69) is 36.4 Å². The highest BCUT2D eigenvalue weighted by molar-refractivity contribution is 7.26. The second-order valence-electron chi connectivity index (χ2n) is 11.0. The molecule has 0 aliphatic heterocycles. The summed E-state index contributed by atoms with van der Waals surface area (Å²) in [5.74, 6) is 0. The number of fused-ring (bicyclic) bond motifs is 7. The first-order valence-corrected chi connectivity index (χ1v) is 15.6. The van der Waals surface area contributed by atoms with Gasteiger partial charge < -0.3 is 9.32 Å². The van der Waals surface area contributed by atoms with Crippen molar-refractivity contribution < 1.29 is 11.3 Å². The minimum atomic E-state index is -0.426. The molecule has 212 valence electrons. The molecule has 0 aliphatic carbocycles. The number of nitrogens with zero attached hydrogens (tertiary/aromatic N) is 1. The van der Waals surface area contributed by atoms with Crippen molar-refractivity contribution >= 4 is 70.5 Å². The van der Waals surface area contributed by atoms with Crippen LogP contribution in [0.5, 0.6) is 0 Å². The lowest BCUT2D eigenvalue weighted by Gasteiger charge is -2.26. The summed E-state index contributed by atoms with van der Waals surface area (Å²) in [5, 5.41) is 4.54. The fourth-order valence-corrected chi connectivity index (χ4v) is 7.50. The van der Waals surface area contributed by atoms with E-state index in [1.54, 1.807) is 16.2 Å². The Balaban J connectivity index is 1.23. The number of hydrogen-bond donors (Lipinski definition) is 0. The van der Waals surface area contributed by atoms with Crippen LogP contribution in [0.1, 0.15) is 6.85 Å². The van der Waals surface area contributed by atoms with Crippen molar-refractivity contribution in [3.05, 3.63) is 164 Å². The van der Waals surface area contributed by atoms with E-state index in [4.69, 9.17) is 11.3 Å². The van der Waals surface area contributed by atoms with Crippen molar-refractivity contribution in [2.75, 3.05) is 4.90 Å². The van der Waals surface area contributed by atoms with E-state index in [-0.39, 0.29) is 29.9 Å². The standard InChI is InChI=1S/C42H27NOS/c1-3-11-28(12-4-1)29-19-23-32(24-20-29)43(31-13-5-2-6-14-31)33-25-21-30(22-26-33)36-27-37-34-15-8-10-18-39(34)45-42(37)40-35-16-7-9-17-38(35)44-41(36)40/h1-27H/i2D,5D,6D,13D,14D. The average Bonchev–Trinajstić information content (AvgIpc) is 3.74. The van der Waals surface area contributed by atoms with Gasteiger partial charge in [0, 0.05) is 53.6 Å². The highest BCUT2D eigenvalue weighted by Gasteiger charge is 2.20. The van der Waals surface area contributed by atoms with Crippen LogP contribution in [0.2, 0.25) is 0 Å². The Morgan fingerprint density at radius 1 is 0.533 bits per heavy atom. The fraction of sp³-hybridized carbons (Fsp3) is 0. The molecule has 0 radical (unpaired) electrons. The first-order valence-electron chi connectivity index (χ1n) is 17.3. The summed E-state index contributed by atoms with van der Waals surface area (Å²) < 4.78 is 51.8. The van der Waals surface area contributed by atoms with Gasteiger partial charge in [0.2, 0.25) is 0 Å². The van der Waals surface area contributed by atoms with E-state index in [9.17, 15) is 0 Å². The van der Waals surface area contributed by atoms with Crippen LogP contribution in [0.15, 0.2) is 168 Å². The molecule has 0 unspecified atom stereocenters. The third-order valence-corrected chi connectivity index (χ3v) is 9.57. The zero-order chi connectivity index (χ0) is 34.1. The van der Waals surface area contributed by atoms with Crippen LogP contribution in [-0.2, 0) is 0 Å². The second kappa shape index (κ2) is 10.5. The van der Waals surface area contributed by atoms with E-state index in [0.29, 0.717) is 11.4 Å². The summed E-state index contributed by atoms with van der Waals surface area (Å²) in [4.78, 5) is 1.74. The Hall–Kier alpha value is -5.64. The molecule has 3 heteroatoms. The number of anilines is 3. The number of para-hydroxylation sites is 2. The number of benzene rings is 7. The van der Waals surface area contributed by atoms with E-state index in [0.717, 1.165) is 44.2 Å². The zero-order valence-corrected chi connectivity index (χ0v) is 24.8. The monoisotopic (exact) mass is 598 g/mol. The van der Waals surface area contributed by atoms with Gasteiger partial charge in [-0.25, -0.2) is 0 Å². The van der Waals surface area contributed by atoms with Gasteiger partial charge >= 0.3 is 0 Å². The molecule has 0 fully saturated rings. The molecule has 2 heterocycles. The topological polar surface area (TPSA) is 16.4 Å². The van der Waals surface area contributed by atoms with Crippen LogP contribution in [0.3, 0.4) is 0 Å². The molecular formula is C42H27NOS. The number of rotatable bonds is 5. The van der Waals surface area contributed by atoms with Crippen LogP contribution in [0.25, 0.3) is 64.4 Å². The van der Waals surface area contributed by atoms with Gasteiger partial charge in [-0.3, -0.25) is 0 Å². The van der Waals surface area contributed by atoms with Crippen LogP contribution >= 0.6 is 11.3 Å². The Morgan fingerprint density at radius 2 is 1.16 bits per heavy atom. The van der Waals surface area contributed by atoms with E-state index < -0.39 is 6.04 Å². The van der Waals surface area contributed by atoms with Gasteiger partial charge in [0.1, 0.15) is 11.2 Å². The maximum atomic E-state index is 8.86. The summed E-state index contributed by atoms with van der Waals surface area (Å²) in [7, 11) is 0. The highest BCUT2D eigenvalue weighted by atomic mass is 32.1. The van der Waals surface area contributed by atoms with Gasteiger partial charge in [-0.05, 0) is 71.2 Å². The molecule has 0 saturated carbocycles. The largest absolute Gasteiger partial charge is 0.455 e. The van der Waals surface area contributed by atoms with Gasteiger partial charge in [-0.1, -0.05) is 109 Å². The Bertz CT molecular complexity index is 2730. The molecule has 2 aromatic heterocycles. The lowest BCUT2D eigenvalue weighted by molar-refractivity contribution is 0.670. The number of hydrogen-bond acceptors (Lipinski definition) is 3. The SMILES string of the molecule is [2H]c1c([2H])c([2H])c(N(c2ccc(-c3ccccc3)cc2)c2ccc(-c3cc4c5ccccc5sc4c4c3oc3ccccc34)cc2)c([2H])c1[2H]. The van der Waals surface area contributed by atoms with E-state index in [1.807, 2.05) is 97.1 Å². The lowest BCUT2D eigenvalue weighted by Crippen LogP contribution is -2.09. The molecule has 2 nitrogen and oxygen atoms in total. The molecule has 45 heavy (non-hydrogen) atoms. The van der Waals surface area contributed by atoms with Gasteiger partial charge in [0.05, 0.1) is 6.85 Å². The Labute approximate surface area is 272 Å². The van der Waals surface area contributed by atoms with Crippen molar-refractivity contribution in [3.63, 3.8) is 0 Å². The predicted molar refractivity (Wildman–Crippen MR) is 192 cm³/mol. The summed E-state index contributed by atoms with van der Waals surface area (Å²) in [6, 6.07) is 42.8. The van der Waals surface area contributed by atoms with Crippen molar-refractivity contribution in [2.24, 2.45) is 0 Å².